The molecule has 96 valence electrons. The third-order valence-electron chi connectivity index (χ3n) is 4.63. The molecule has 5 rings (SSSR count). The smallest absolute Gasteiger partial charge is 0.236 e. The van der Waals surface area contributed by atoms with Crippen LogP contribution < -0.4 is 10.7 Å². The molecule has 2 N–H and O–H groups in total. The lowest BCUT2D eigenvalue weighted by atomic mass is 9.60. The molecule has 0 aromatic rings. The number of allylic oxidation sites excluding steroid dienone is 2. The van der Waals surface area contributed by atoms with E-state index in [-0.39, 0.29) is 5.91 Å². The minimum Gasteiger partial charge on any atom is -0.303 e. The quantitative estimate of drug-likeness (QED) is 0.747. The van der Waals surface area contributed by atoms with Crippen molar-refractivity contribution >= 4 is 22.8 Å². The zero-order valence-electron chi connectivity index (χ0n) is 10.2. The standard InChI is InChI=1S/C13H17N3OS/c17-11-6-18-13(14-11)16-15-12-9-2-7-1-8(4-9)5-10(12)3-7/h7-9,15H,1-6H2,(H,14,16,17)/t7-,8+,9?. The number of thioether (sulfide) groups is 1. The van der Waals surface area contributed by atoms with E-state index in [9.17, 15) is 4.79 Å². The first kappa shape index (κ1) is 10.9. The van der Waals surface area contributed by atoms with Crippen molar-refractivity contribution < 1.29 is 4.79 Å². The van der Waals surface area contributed by atoms with E-state index in [0.29, 0.717) is 11.7 Å². The number of amidine groups is 1. The van der Waals surface area contributed by atoms with Crippen LogP contribution >= 0.6 is 11.8 Å². The summed E-state index contributed by atoms with van der Waals surface area (Å²) in [6, 6.07) is 0. The van der Waals surface area contributed by atoms with Crippen molar-refractivity contribution in [1.82, 2.24) is 10.7 Å². The maximum absolute atomic E-state index is 11.1. The summed E-state index contributed by atoms with van der Waals surface area (Å²) in [5, 5.41) is 7.85. The van der Waals surface area contributed by atoms with Gasteiger partial charge < -0.3 is 5.32 Å². The molecule has 0 aromatic carbocycles. The molecule has 3 atom stereocenters. The Bertz CT molecular complexity index is 455. The lowest BCUT2D eigenvalue weighted by molar-refractivity contribution is -0.116. The van der Waals surface area contributed by atoms with Gasteiger partial charge in [0.2, 0.25) is 5.91 Å². The Morgan fingerprint density at radius 2 is 2.00 bits per heavy atom. The molecular formula is C13H17N3OS. The second kappa shape index (κ2) is 4.02. The van der Waals surface area contributed by atoms with Gasteiger partial charge in [-0.2, -0.15) is 5.10 Å². The molecule has 1 saturated heterocycles. The second-order valence-electron chi connectivity index (χ2n) is 5.93. The Hall–Kier alpha value is -0.970. The summed E-state index contributed by atoms with van der Waals surface area (Å²) in [7, 11) is 0. The largest absolute Gasteiger partial charge is 0.303 e. The van der Waals surface area contributed by atoms with Crippen LogP contribution in [0.25, 0.3) is 0 Å². The Labute approximate surface area is 111 Å². The normalized spacial score (nSPS) is 39.7. The fraction of sp³-hybridized carbons (Fsp3) is 0.692. The Morgan fingerprint density at radius 3 is 2.61 bits per heavy atom. The lowest BCUT2D eigenvalue weighted by Crippen LogP contribution is -2.38. The van der Waals surface area contributed by atoms with Gasteiger partial charge in [-0.15, -0.1) is 0 Å². The summed E-state index contributed by atoms with van der Waals surface area (Å²) in [6.45, 7) is 0. The monoisotopic (exact) mass is 263 g/mol. The van der Waals surface area contributed by atoms with E-state index in [1.54, 1.807) is 5.57 Å². The van der Waals surface area contributed by atoms with Crippen LogP contribution in [0, 0.1) is 17.8 Å². The molecule has 4 bridgehead atoms. The highest BCUT2D eigenvalue weighted by molar-refractivity contribution is 8.15. The molecule has 3 fully saturated rings. The summed E-state index contributed by atoms with van der Waals surface area (Å²) in [5.41, 5.74) is 6.24. The Kier molecular flexibility index (Phi) is 2.43. The van der Waals surface area contributed by atoms with E-state index in [1.807, 2.05) is 0 Å². The summed E-state index contributed by atoms with van der Waals surface area (Å²) in [5.74, 6) is 3.15. The number of nitrogens with zero attached hydrogens (tertiary/aromatic N) is 1. The number of hydrogen-bond acceptors (Lipinski definition) is 4. The van der Waals surface area contributed by atoms with Gasteiger partial charge in [-0.05, 0) is 49.5 Å². The molecule has 0 aromatic heterocycles. The molecule has 4 nitrogen and oxygen atoms in total. The number of carbonyl (C=O) groups excluding carboxylic acids is 1. The van der Waals surface area contributed by atoms with Crippen LogP contribution in [-0.2, 0) is 4.79 Å². The first-order valence-corrected chi connectivity index (χ1v) is 7.75. The van der Waals surface area contributed by atoms with Crippen molar-refractivity contribution in [3.05, 3.63) is 11.3 Å². The van der Waals surface area contributed by atoms with E-state index in [0.717, 1.165) is 17.0 Å². The van der Waals surface area contributed by atoms with Crippen LogP contribution in [0.15, 0.2) is 16.4 Å². The highest BCUT2D eigenvalue weighted by atomic mass is 32.2. The zero-order chi connectivity index (χ0) is 12.1. The molecule has 5 aliphatic rings. The number of nitrogens with one attached hydrogen (secondary N) is 2. The number of carbonyl (C=O) groups is 1. The Balaban J connectivity index is 1.53. The van der Waals surface area contributed by atoms with Gasteiger partial charge in [0.15, 0.2) is 5.17 Å². The van der Waals surface area contributed by atoms with Crippen LogP contribution in [0.4, 0.5) is 0 Å². The van der Waals surface area contributed by atoms with E-state index in [2.05, 4.69) is 15.8 Å². The highest BCUT2D eigenvalue weighted by Gasteiger charge is 2.41. The number of hydrazone groups is 1. The lowest BCUT2D eigenvalue weighted by Gasteiger charge is -2.47. The van der Waals surface area contributed by atoms with Crippen molar-refractivity contribution in [2.75, 3.05) is 5.75 Å². The maximum Gasteiger partial charge on any atom is 0.236 e. The van der Waals surface area contributed by atoms with E-state index in [4.69, 9.17) is 0 Å². The maximum atomic E-state index is 11.1. The third-order valence-corrected chi connectivity index (χ3v) is 5.50. The molecule has 0 radical (unpaired) electrons. The van der Waals surface area contributed by atoms with Crippen molar-refractivity contribution in [3.8, 4) is 0 Å². The number of hydrogen-bond donors (Lipinski definition) is 2. The third kappa shape index (κ3) is 1.76. The van der Waals surface area contributed by atoms with Crippen molar-refractivity contribution in [3.63, 3.8) is 0 Å². The van der Waals surface area contributed by atoms with Gasteiger partial charge in [0, 0.05) is 11.6 Å². The summed E-state index contributed by atoms with van der Waals surface area (Å²) in [6.07, 6.45) is 6.69. The fourth-order valence-corrected chi connectivity index (χ4v) is 4.73. The molecule has 1 amide bonds. The summed E-state index contributed by atoms with van der Waals surface area (Å²) in [4.78, 5) is 11.1. The van der Waals surface area contributed by atoms with Crippen LogP contribution in [-0.4, -0.2) is 16.8 Å². The predicted octanol–water partition coefficient (Wildman–Crippen LogP) is 1.80. The minimum absolute atomic E-state index is 0.0586. The van der Waals surface area contributed by atoms with Crippen molar-refractivity contribution in [1.29, 1.82) is 0 Å². The highest BCUT2D eigenvalue weighted by Crippen LogP contribution is 2.52. The van der Waals surface area contributed by atoms with Gasteiger partial charge in [0.05, 0.1) is 5.75 Å². The van der Waals surface area contributed by atoms with Gasteiger partial charge in [0.1, 0.15) is 0 Å². The van der Waals surface area contributed by atoms with Crippen LogP contribution in [0.5, 0.6) is 0 Å². The zero-order valence-corrected chi connectivity index (χ0v) is 11.1. The van der Waals surface area contributed by atoms with E-state index < -0.39 is 0 Å². The van der Waals surface area contributed by atoms with Crippen LogP contribution in [0.2, 0.25) is 0 Å². The average Bonchev–Trinajstić information content (AvgIpc) is 2.73. The predicted molar refractivity (Wildman–Crippen MR) is 71.8 cm³/mol. The average molecular weight is 263 g/mol. The molecule has 2 saturated carbocycles. The molecule has 0 spiro atoms. The molecule has 5 heteroatoms. The van der Waals surface area contributed by atoms with E-state index >= 15 is 0 Å². The SMILES string of the molecule is O=C1CS/C(=N/NC2=C3C[C@@H]4CC2C[C@H](C3)C4)N1. The summed E-state index contributed by atoms with van der Waals surface area (Å²) < 4.78 is 0. The number of rotatable bonds is 2. The molecule has 1 unspecified atom stereocenters. The summed E-state index contributed by atoms with van der Waals surface area (Å²) >= 11 is 1.48. The van der Waals surface area contributed by atoms with Crippen LogP contribution in [0.3, 0.4) is 0 Å². The van der Waals surface area contributed by atoms with Crippen molar-refractivity contribution in [2.24, 2.45) is 22.9 Å². The topological polar surface area (TPSA) is 53.5 Å². The van der Waals surface area contributed by atoms with Gasteiger partial charge in [0.25, 0.3) is 0 Å². The first-order chi connectivity index (χ1) is 8.78. The molecule has 1 heterocycles. The van der Waals surface area contributed by atoms with Gasteiger partial charge in [-0.3, -0.25) is 10.2 Å². The van der Waals surface area contributed by atoms with Crippen molar-refractivity contribution in [2.45, 2.75) is 32.1 Å². The molecule has 18 heavy (non-hydrogen) atoms. The fourth-order valence-electron chi connectivity index (χ4n) is 4.09. The first-order valence-electron chi connectivity index (χ1n) is 6.76. The Morgan fingerprint density at radius 1 is 1.22 bits per heavy atom. The van der Waals surface area contributed by atoms with Gasteiger partial charge >= 0.3 is 0 Å². The molecule has 1 aliphatic heterocycles. The van der Waals surface area contributed by atoms with Gasteiger partial charge in [-0.1, -0.05) is 11.8 Å². The molecule has 4 aliphatic carbocycles. The number of amides is 1. The van der Waals surface area contributed by atoms with Gasteiger partial charge in [-0.25, -0.2) is 0 Å². The minimum atomic E-state index is 0.0586. The van der Waals surface area contributed by atoms with Crippen LogP contribution in [0.1, 0.15) is 32.1 Å². The molecular weight excluding hydrogens is 246 g/mol. The van der Waals surface area contributed by atoms with E-state index in [1.165, 1.54) is 49.6 Å². The second-order valence-corrected chi connectivity index (χ2v) is 6.89.